The summed E-state index contributed by atoms with van der Waals surface area (Å²) < 4.78 is 16.7. The molecule has 2 aromatic rings. The van der Waals surface area contributed by atoms with Gasteiger partial charge in [0.1, 0.15) is 23.4 Å². The number of carbonyl (C=O) groups excluding carboxylic acids is 2. The van der Waals surface area contributed by atoms with Crippen molar-refractivity contribution < 1.29 is 23.8 Å². The van der Waals surface area contributed by atoms with E-state index in [0.29, 0.717) is 24.5 Å². The molecule has 3 rings (SSSR count). The average Bonchev–Trinajstić information content (AvgIpc) is 3.03. The summed E-state index contributed by atoms with van der Waals surface area (Å²) in [7, 11) is 0. The molecule has 28 heavy (non-hydrogen) atoms. The molecule has 1 heterocycles. The lowest BCUT2D eigenvalue weighted by atomic mass is 10.1. The minimum atomic E-state index is -0.556. The maximum atomic E-state index is 12.5. The van der Waals surface area contributed by atoms with Crippen LogP contribution in [0.25, 0.3) is 0 Å². The first-order valence-corrected chi connectivity index (χ1v) is 9.21. The molecule has 1 unspecified atom stereocenters. The van der Waals surface area contributed by atoms with Crippen LogP contribution in [0.2, 0.25) is 0 Å². The molecule has 0 aromatic heterocycles. The molecular formula is C21H24N2O5. The second-order valence-corrected chi connectivity index (χ2v) is 6.60. The molecule has 0 saturated heterocycles. The van der Waals surface area contributed by atoms with Crippen LogP contribution in [0.1, 0.15) is 35.3 Å². The highest BCUT2D eigenvalue weighted by atomic mass is 16.5. The fourth-order valence-corrected chi connectivity index (χ4v) is 3.04. The maximum Gasteiger partial charge on any atom is 0.255 e. The van der Waals surface area contributed by atoms with Crippen LogP contribution in [0.4, 0.5) is 0 Å². The highest BCUT2D eigenvalue weighted by Gasteiger charge is 2.22. The first kappa shape index (κ1) is 19.5. The van der Waals surface area contributed by atoms with E-state index < -0.39 is 5.91 Å². The van der Waals surface area contributed by atoms with Crippen molar-refractivity contribution in [1.82, 2.24) is 5.32 Å². The maximum absolute atomic E-state index is 12.5. The predicted octanol–water partition coefficient (Wildman–Crippen LogP) is 2.20. The Balaban J connectivity index is 1.65. The van der Waals surface area contributed by atoms with E-state index in [0.717, 1.165) is 29.0 Å². The van der Waals surface area contributed by atoms with Gasteiger partial charge >= 0.3 is 0 Å². The Morgan fingerprint density at radius 3 is 2.64 bits per heavy atom. The van der Waals surface area contributed by atoms with Gasteiger partial charge in [-0.25, -0.2) is 0 Å². The molecule has 0 radical (unpaired) electrons. The Labute approximate surface area is 163 Å². The minimum Gasteiger partial charge on any atom is -0.494 e. The monoisotopic (exact) mass is 384 g/mol. The molecule has 7 heteroatoms. The summed E-state index contributed by atoms with van der Waals surface area (Å²) in [6.45, 7) is 4.61. The molecule has 0 fully saturated rings. The predicted molar refractivity (Wildman–Crippen MR) is 104 cm³/mol. The molecule has 1 aliphatic heterocycles. The summed E-state index contributed by atoms with van der Waals surface area (Å²) in [4.78, 5) is 23.2. The van der Waals surface area contributed by atoms with Gasteiger partial charge in [-0.1, -0.05) is 0 Å². The number of primary amides is 1. The Kier molecular flexibility index (Phi) is 6.03. The van der Waals surface area contributed by atoms with Gasteiger partial charge < -0.3 is 25.3 Å². The molecule has 0 spiro atoms. The van der Waals surface area contributed by atoms with Crippen molar-refractivity contribution >= 4 is 11.8 Å². The Morgan fingerprint density at radius 1 is 1.21 bits per heavy atom. The molecule has 1 atom stereocenters. The van der Waals surface area contributed by atoms with Gasteiger partial charge in [-0.05, 0) is 50.2 Å². The normalized spacial score (nSPS) is 14.7. The molecule has 0 aliphatic carbocycles. The standard InChI is InChI=1S/C21H24N2O5/c1-3-26-18-9-15-8-13(2)28-19(15)10-16(18)11-23-21(25)14-4-6-17(7-5-14)27-12-20(22)24/h4-7,9-10,13H,3,8,11-12H2,1-2H3,(H2,22,24)(H,23,25). The molecule has 0 saturated carbocycles. The number of rotatable bonds is 8. The van der Waals surface area contributed by atoms with Crippen molar-refractivity contribution in [3.05, 3.63) is 53.1 Å². The van der Waals surface area contributed by atoms with E-state index in [2.05, 4.69) is 5.32 Å². The number of benzene rings is 2. The minimum absolute atomic E-state index is 0.143. The second kappa shape index (κ2) is 8.65. The number of hydrogen-bond donors (Lipinski definition) is 2. The van der Waals surface area contributed by atoms with Gasteiger partial charge in [-0.2, -0.15) is 0 Å². The van der Waals surface area contributed by atoms with Crippen molar-refractivity contribution in [2.75, 3.05) is 13.2 Å². The van der Waals surface area contributed by atoms with Crippen molar-refractivity contribution in [3.63, 3.8) is 0 Å². The first-order valence-electron chi connectivity index (χ1n) is 9.21. The fourth-order valence-electron chi connectivity index (χ4n) is 3.04. The summed E-state index contributed by atoms with van der Waals surface area (Å²) in [5, 5.41) is 2.90. The van der Waals surface area contributed by atoms with Gasteiger partial charge in [-0.3, -0.25) is 9.59 Å². The van der Waals surface area contributed by atoms with E-state index in [-0.39, 0.29) is 18.6 Å². The third kappa shape index (κ3) is 4.73. The lowest BCUT2D eigenvalue weighted by Gasteiger charge is -2.13. The Morgan fingerprint density at radius 2 is 1.96 bits per heavy atom. The van der Waals surface area contributed by atoms with Crippen molar-refractivity contribution in [1.29, 1.82) is 0 Å². The molecule has 148 valence electrons. The van der Waals surface area contributed by atoms with Crippen LogP contribution in [-0.2, 0) is 17.8 Å². The van der Waals surface area contributed by atoms with Crippen LogP contribution in [-0.4, -0.2) is 31.1 Å². The highest BCUT2D eigenvalue weighted by Crippen LogP contribution is 2.35. The lowest BCUT2D eigenvalue weighted by Crippen LogP contribution is -2.23. The van der Waals surface area contributed by atoms with E-state index in [1.165, 1.54) is 0 Å². The van der Waals surface area contributed by atoms with Gasteiger partial charge in [0.15, 0.2) is 6.61 Å². The largest absolute Gasteiger partial charge is 0.494 e. The number of nitrogens with one attached hydrogen (secondary N) is 1. The van der Waals surface area contributed by atoms with E-state index in [9.17, 15) is 9.59 Å². The third-order valence-electron chi connectivity index (χ3n) is 4.32. The van der Waals surface area contributed by atoms with Crippen LogP contribution in [0.5, 0.6) is 17.2 Å². The number of nitrogens with two attached hydrogens (primary N) is 1. The van der Waals surface area contributed by atoms with Crippen LogP contribution < -0.4 is 25.3 Å². The molecule has 0 bridgehead atoms. The third-order valence-corrected chi connectivity index (χ3v) is 4.32. The summed E-state index contributed by atoms with van der Waals surface area (Å²) in [6.07, 6.45) is 0.997. The smallest absolute Gasteiger partial charge is 0.255 e. The molecule has 7 nitrogen and oxygen atoms in total. The van der Waals surface area contributed by atoms with Crippen LogP contribution in [0, 0.1) is 0 Å². The zero-order chi connectivity index (χ0) is 20.1. The quantitative estimate of drug-likeness (QED) is 0.727. The zero-order valence-corrected chi connectivity index (χ0v) is 16.0. The number of ether oxygens (including phenoxy) is 3. The number of carbonyl (C=O) groups is 2. The Bertz CT molecular complexity index is 864. The second-order valence-electron chi connectivity index (χ2n) is 6.60. The van der Waals surface area contributed by atoms with Crippen molar-refractivity contribution in [2.24, 2.45) is 5.73 Å². The highest BCUT2D eigenvalue weighted by molar-refractivity contribution is 5.94. The topological polar surface area (TPSA) is 99.9 Å². The van der Waals surface area contributed by atoms with Gasteiger partial charge in [-0.15, -0.1) is 0 Å². The number of hydrogen-bond acceptors (Lipinski definition) is 5. The summed E-state index contributed by atoms with van der Waals surface area (Å²) >= 11 is 0. The SMILES string of the molecule is CCOc1cc2c(cc1CNC(=O)c1ccc(OCC(N)=O)cc1)OC(C)C2. The Hall–Kier alpha value is -3.22. The van der Waals surface area contributed by atoms with E-state index in [1.54, 1.807) is 24.3 Å². The zero-order valence-electron chi connectivity index (χ0n) is 16.0. The lowest BCUT2D eigenvalue weighted by molar-refractivity contribution is -0.119. The summed E-state index contributed by atoms with van der Waals surface area (Å²) in [6, 6.07) is 10.4. The summed E-state index contributed by atoms with van der Waals surface area (Å²) in [5.41, 5.74) is 7.51. The van der Waals surface area contributed by atoms with Crippen LogP contribution in [0.3, 0.4) is 0 Å². The van der Waals surface area contributed by atoms with E-state index in [4.69, 9.17) is 19.9 Å². The van der Waals surface area contributed by atoms with Crippen molar-refractivity contribution in [2.45, 2.75) is 32.9 Å². The molecule has 1 aliphatic rings. The van der Waals surface area contributed by atoms with Crippen molar-refractivity contribution in [3.8, 4) is 17.2 Å². The molecule has 2 amide bonds. The van der Waals surface area contributed by atoms with E-state index in [1.807, 2.05) is 26.0 Å². The molecule has 2 aromatic carbocycles. The summed E-state index contributed by atoms with van der Waals surface area (Å²) in [5.74, 6) is 1.29. The van der Waals surface area contributed by atoms with Crippen LogP contribution in [0.15, 0.2) is 36.4 Å². The number of fused-ring (bicyclic) bond motifs is 1. The molecule has 3 N–H and O–H groups in total. The van der Waals surface area contributed by atoms with Gasteiger partial charge in [0.25, 0.3) is 11.8 Å². The van der Waals surface area contributed by atoms with Gasteiger partial charge in [0, 0.05) is 29.7 Å². The molecular weight excluding hydrogens is 360 g/mol. The van der Waals surface area contributed by atoms with E-state index >= 15 is 0 Å². The average molecular weight is 384 g/mol. The van der Waals surface area contributed by atoms with Crippen LogP contribution >= 0.6 is 0 Å². The fraction of sp³-hybridized carbons (Fsp3) is 0.333. The van der Waals surface area contributed by atoms with Gasteiger partial charge in [0.05, 0.1) is 6.61 Å². The number of amides is 2. The first-order chi connectivity index (χ1) is 13.5. The van der Waals surface area contributed by atoms with Gasteiger partial charge in [0.2, 0.25) is 0 Å².